The van der Waals surface area contributed by atoms with E-state index >= 15 is 0 Å². The second kappa shape index (κ2) is 13.6. The summed E-state index contributed by atoms with van der Waals surface area (Å²) in [6.45, 7) is 0.396. The van der Waals surface area contributed by atoms with E-state index in [0.717, 1.165) is 25.7 Å². The smallest absolute Gasteiger partial charge is 0.0702 e. The van der Waals surface area contributed by atoms with Crippen LogP contribution in [0.25, 0.3) is 0 Å². The molecule has 0 saturated carbocycles. The first kappa shape index (κ1) is 14.6. The molecular formula is C14H18O2. The molecule has 0 aromatic heterocycles. The molecule has 0 aliphatic rings. The van der Waals surface area contributed by atoms with Crippen molar-refractivity contribution in [3.63, 3.8) is 0 Å². The molecule has 0 aliphatic heterocycles. The summed E-state index contributed by atoms with van der Waals surface area (Å²) in [7, 11) is 0. The number of aliphatic hydroxyl groups excluding tert-OH is 2. The maximum Gasteiger partial charge on any atom is 0.0702 e. The summed E-state index contributed by atoms with van der Waals surface area (Å²) >= 11 is 0. The van der Waals surface area contributed by atoms with Crippen LogP contribution in [0.5, 0.6) is 0 Å². The van der Waals surface area contributed by atoms with Gasteiger partial charge in [0.1, 0.15) is 0 Å². The first-order chi connectivity index (χ1) is 7.91. The van der Waals surface area contributed by atoms with Crippen LogP contribution in [0.3, 0.4) is 0 Å². The number of rotatable bonds is 4. The van der Waals surface area contributed by atoms with E-state index < -0.39 is 0 Å². The lowest BCUT2D eigenvalue weighted by Gasteiger charge is -1.82. The van der Waals surface area contributed by atoms with Crippen molar-refractivity contribution in [1.82, 2.24) is 0 Å². The molecule has 0 radical (unpaired) electrons. The Kier molecular flexibility index (Phi) is 12.4. The number of unbranched alkanes of at least 4 members (excludes halogenated alkanes) is 2. The fourth-order valence-electron chi connectivity index (χ4n) is 0.850. The van der Waals surface area contributed by atoms with E-state index in [9.17, 15) is 0 Å². The fourth-order valence-corrected chi connectivity index (χ4v) is 0.850. The predicted octanol–water partition coefficient (Wildman–Crippen LogP) is 1.32. The zero-order chi connectivity index (χ0) is 11.9. The number of hydrogen-bond acceptors (Lipinski definition) is 2. The summed E-state index contributed by atoms with van der Waals surface area (Å²) < 4.78 is 0. The van der Waals surface area contributed by atoms with Crippen molar-refractivity contribution in [3.8, 4) is 35.5 Å². The second-order valence-electron chi connectivity index (χ2n) is 3.07. The van der Waals surface area contributed by atoms with Crippen LogP contribution in [0.1, 0.15) is 38.5 Å². The molecule has 0 bridgehead atoms. The van der Waals surface area contributed by atoms with Crippen molar-refractivity contribution in [2.24, 2.45) is 0 Å². The summed E-state index contributed by atoms with van der Waals surface area (Å²) in [5.74, 6) is 17.5. The van der Waals surface area contributed by atoms with Gasteiger partial charge >= 0.3 is 0 Å². The molecule has 2 nitrogen and oxygen atoms in total. The van der Waals surface area contributed by atoms with Crippen LogP contribution < -0.4 is 0 Å². The van der Waals surface area contributed by atoms with Crippen LogP contribution in [0, 0.1) is 35.5 Å². The molecule has 2 heteroatoms. The molecule has 0 aromatic carbocycles. The summed E-state index contributed by atoms with van der Waals surface area (Å²) in [5.41, 5.74) is 0. The lowest BCUT2D eigenvalue weighted by atomic mass is 10.3. The molecule has 0 amide bonds. The third kappa shape index (κ3) is 12.6. The monoisotopic (exact) mass is 218 g/mol. The van der Waals surface area contributed by atoms with Gasteiger partial charge in [-0.05, 0) is 12.8 Å². The molecule has 16 heavy (non-hydrogen) atoms. The summed E-state index contributed by atoms with van der Waals surface area (Å²) in [4.78, 5) is 0. The molecule has 86 valence electrons. The molecule has 0 aromatic rings. The minimum absolute atomic E-state index is 0.198. The van der Waals surface area contributed by atoms with Crippen molar-refractivity contribution in [3.05, 3.63) is 0 Å². The van der Waals surface area contributed by atoms with Crippen molar-refractivity contribution < 1.29 is 10.2 Å². The fraction of sp³-hybridized carbons (Fsp3) is 0.571. The standard InChI is InChI=1S/C14H18O2/c15-13-11-9-7-5-3-1-2-4-6-8-10-12-14-16/h15-16H,3-4,9-14H2. The SMILES string of the molecule is OCCCC#CCC#CCC#CCCCO. The minimum Gasteiger partial charge on any atom is -0.396 e. The van der Waals surface area contributed by atoms with Crippen LogP contribution in [0.4, 0.5) is 0 Å². The van der Waals surface area contributed by atoms with E-state index in [-0.39, 0.29) is 13.2 Å². The molecule has 0 spiro atoms. The Morgan fingerprint density at radius 1 is 0.562 bits per heavy atom. The van der Waals surface area contributed by atoms with Gasteiger partial charge < -0.3 is 10.2 Å². The minimum atomic E-state index is 0.198. The largest absolute Gasteiger partial charge is 0.396 e. The zero-order valence-corrected chi connectivity index (χ0v) is 9.55. The van der Waals surface area contributed by atoms with Crippen LogP contribution >= 0.6 is 0 Å². The van der Waals surface area contributed by atoms with Crippen LogP contribution in [0.15, 0.2) is 0 Å². The van der Waals surface area contributed by atoms with E-state index in [1.807, 2.05) is 0 Å². The van der Waals surface area contributed by atoms with Gasteiger partial charge in [-0.2, -0.15) is 0 Å². The first-order valence-electron chi connectivity index (χ1n) is 5.50. The van der Waals surface area contributed by atoms with Gasteiger partial charge in [0.15, 0.2) is 0 Å². The van der Waals surface area contributed by atoms with E-state index in [1.54, 1.807) is 0 Å². The van der Waals surface area contributed by atoms with Crippen molar-refractivity contribution in [1.29, 1.82) is 0 Å². The van der Waals surface area contributed by atoms with Gasteiger partial charge in [-0.15, -0.1) is 11.8 Å². The Morgan fingerprint density at radius 3 is 1.31 bits per heavy atom. The van der Waals surface area contributed by atoms with Crippen molar-refractivity contribution in [2.45, 2.75) is 38.5 Å². The Bertz CT molecular complexity index is 293. The Labute approximate surface area is 98.1 Å². The topological polar surface area (TPSA) is 40.5 Å². The van der Waals surface area contributed by atoms with E-state index in [1.165, 1.54) is 0 Å². The molecule has 0 saturated heterocycles. The van der Waals surface area contributed by atoms with Crippen molar-refractivity contribution >= 4 is 0 Å². The third-order valence-corrected chi connectivity index (χ3v) is 1.65. The average molecular weight is 218 g/mol. The van der Waals surface area contributed by atoms with Gasteiger partial charge in [0.2, 0.25) is 0 Å². The summed E-state index contributed by atoms with van der Waals surface area (Å²) in [6.07, 6.45) is 4.08. The average Bonchev–Trinajstić information content (AvgIpc) is 2.31. The van der Waals surface area contributed by atoms with Gasteiger partial charge in [0.05, 0.1) is 12.8 Å². The van der Waals surface area contributed by atoms with Gasteiger partial charge in [-0.3, -0.25) is 0 Å². The molecular weight excluding hydrogens is 200 g/mol. The first-order valence-corrected chi connectivity index (χ1v) is 5.50. The highest BCUT2D eigenvalue weighted by atomic mass is 16.3. The zero-order valence-electron chi connectivity index (χ0n) is 9.55. The molecule has 0 heterocycles. The van der Waals surface area contributed by atoms with Crippen LogP contribution in [-0.2, 0) is 0 Å². The normalized spacial score (nSPS) is 7.88. The van der Waals surface area contributed by atoms with E-state index in [0.29, 0.717) is 12.8 Å². The lowest BCUT2D eigenvalue weighted by Crippen LogP contribution is -1.78. The summed E-state index contributed by atoms with van der Waals surface area (Å²) in [6, 6.07) is 0. The Morgan fingerprint density at radius 2 is 0.938 bits per heavy atom. The van der Waals surface area contributed by atoms with Gasteiger partial charge in [0.25, 0.3) is 0 Å². The Balaban J connectivity index is 3.45. The highest BCUT2D eigenvalue weighted by Gasteiger charge is 1.77. The molecule has 0 rings (SSSR count). The van der Waals surface area contributed by atoms with Crippen LogP contribution in [0.2, 0.25) is 0 Å². The number of hydrogen-bond donors (Lipinski definition) is 2. The molecule has 0 unspecified atom stereocenters. The molecule has 0 aliphatic carbocycles. The van der Waals surface area contributed by atoms with Gasteiger partial charge in [0, 0.05) is 26.1 Å². The third-order valence-electron chi connectivity index (χ3n) is 1.65. The second-order valence-corrected chi connectivity index (χ2v) is 3.07. The highest BCUT2D eigenvalue weighted by molar-refractivity contribution is 5.16. The Hall–Kier alpha value is -1.40. The van der Waals surface area contributed by atoms with Gasteiger partial charge in [-0.25, -0.2) is 0 Å². The van der Waals surface area contributed by atoms with Crippen LogP contribution in [-0.4, -0.2) is 23.4 Å². The number of aliphatic hydroxyl groups is 2. The lowest BCUT2D eigenvalue weighted by molar-refractivity contribution is 0.290. The van der Waals surface area contributed by atoms with Gasteiger partial charge in [-0.1, -0.05) is 23.7 Å². The maximum absolute atomic E-state index is 8.50. The van der Waals surface area contributed by atoms with E-state index in [2.05, 4.69) is 35.5 Å². The predicted molar refractivity (Wildman–Crippen MR) is 65.2 cm³/mol. The quantitative estimate of drug-likeness (QED) is 0.552. The highest BCUT2D eigenvalue weighted by Crippen LogP contribution is 1.84. The van der Waals surface area contributed by atoms with Crippen molar-refractivity contribution in [2.75, 3.05) is 13.2 Å². The molecule has 0 fully saturated rings. The summed E-state index contributed by atoms with van der Waals surface area (Å²) in [5, 5.41) is 17.0. The molecule has 2 N–H and O–H groups in total. The maximum atomic E-state index is 8.50. The molecule has 0 atom stereocenters. The van der Waals surface area contributed by atoms with E-state index in [4.69, 9.17) is 10.2 Å².